The summed E-state index contributed by atoms with van der Waals surface area (Å²) in [7, 11) is -9.04. The van der Waals surface area contributed by atoms with Gasteiger partial charge in [0.1, 0.15) is 28.0 Å². The zero-order valence-electron chi connectivity index (χ0n) is 29.5. The first-order valence-electron chi connectivity index (χ1n) is 16.7. The summed E-state index contributed by atoms with van der Waals surface area (Å²) in [5.74, 6) is -2.11. The predicted molar refractivity (Wildman–Crippen MR) is 217 cm³/mol. The number of fused-ring (bicyclic) bond motifs is 2. The summed E-state index contributed by atoms with van der Waals surface area (Å²) in [5.41, 5.74) is 1.54. The third-order valence-corrected chi connectivity index (χ3v) is 10.3. The number of carboxylic acids is 1. The summed E-state index contributed by atoms with van der Waals surface area (Å²) in [6, 6.07) is 31.8. The first-order valence-corrected chi connectivity index (χ1v) is 19.7. The lowest BCUT2D eigenvalue weighted by Gasteiger charge is -2.22. The number of benzene rings is 7. The molecule has 7 rings (SSSR count). The number of phenols is 2. The second-order valence-corrected chi connectivity index (χ2v) is 15.3. The Balaban J connectivity index is 1.19. The van der Waals surface area contributed by atoms with Crippen LogP contribution in [0.5, 0.6) is 11.5 Å². The van der Waals surface area contributed by atoms with Crippen molar-refractivity contribution >= 4 is 94.0 Å². The Kier molecular flexibility index (Phi) is 10.6. The van der Waals surface area contributed by atoms with E-state index in [9.17, 15) is 46.7 Å². The predicted octanol–water partition coefficient (Wildman–Crippen LogP) is 11.9. The van der Waals surface area contributed by atoms with Crippen LogP contribution < -0.4 is 5.32 Å². The number of hydrogen-bond donors (Lipinski definition) is 8. The van der Waals surface area contributed by atoms with Crippen molar-refractivity contribution in [3.8, 4) is 11.5 Å². The van der Waals surface area contributed by atoms with E-state index in [4.69, 9.17) is 0 Å². The number of para-hydroxylation sites is 1. The molecule has 0 saturated heterocycles. The maximum absolute atomic E-state index is 12.0. The van der Waals surface area contributed by atoms with Crippen LogP contribution in [0.1, 0.15) is 10.4 Å². The fourth-order valence-electron chi connectivity index (χ4n) is 5.73. The molecule has 0 aliphatic heterocycles. The number of rotatable bonds is 11. The molecule has 0 atom stereocenters. The monoisotopic (exact) mass is 819 g/mol. The maximum Gasteiger partial charge on any atom is 0.335 e. The standard InChI is InChI=1S/C39H29N7O10S2/c47-35-20-27(42-44-33-16-15-32(29-13-12-28(21-31(29)33)57(51,52)53)43-41-26-8-4-5-23(17-26)39(49)50)11-14-34(35)45-46-37-36(58(54,55)56)18-22-9-10-25(19-30(22)38(37)48)40-24-6-2-1-3-7-24/h1-21,40,47-48,54-56H,(H,49,50)(H,51,52,53). The summed E-state index contributed by atoms with van der Waals surface area (Å²) in [6.07, 6.45) is 0. The van der Waals surface area contributed by atoms with E-state index in [0.29, 0.717) is 16.5 Å². The topological polar surface area (TPSA) is 279 Å². The van der Waals surface area contributed by atoms with Crippen molar-refractivity contribution in [2.24, 2.45) is 30.7 Å². The minimum Gasteiger partial charge on any atom is -0.506 e. The summed E-state index contributed by atoms with van der Waals surface area (Å²) < 4.78 is 64.3. The van der Waals surface area contributed by atoms with E-state index in [1.54, 1.807) is 24.3 Å². The highest BCUT2D eigenvalue weighted by Crippen LogP contribution is 2.54. The molecule has 0 unspecified atom stereocenters. The van der Waals surface area contributed by atoms with Crippen LogP contribution in [0.25, 0.3) is 21.5 Å². The number of phenolic OH excluding ortho intramolecular Hbond substituents is 2. The van der Waals surface area contributed by atoms with E-state index in [1.165, 1.54) is 66.7 Å². The molecule has 58 heavy (non-hydrogen) atoms. The number of hydrogen-bond acceptors (Lipinski definition) is 15. The van der Waals surface area contributed by atoms with Gasteiger partial charge < -0.3 is 34.3 Å². The van der Waals surface area contributed by atoms with E-state index < -0.39 is 53.9 Å². The normalized spacial score (nSPS) is 12.6. The molecule has 0 aliphatic rings. The SMILES string of the molecule is O=C(O)c1cccc(N=Nc2ccc(N=Nc3ccc(N=Nc4c(S(O)(O)O)cc5ccc(Nc6ccccc6)cc5c4O)c(O)c3)c3cc(S(=O)(=O)O)ccc23)c1. The number of aromatic carboxylic acids is 1. The number of carbonyl (C=O) groups is 1. The fourth-order valence-corrected chi connectivity index (χ4v) is 6.92. The summed E-state index contributed by atoms with van der Waals surface area (Å²) >= 11 is 0. The van der Waals surface area contributed by atoms with Crippen LogP contribution in [0.2, 0.25) is 0 Å². The van der Waals surface area contributed by atoms with Crippen LogP contribution in [-0.2, 0) is 10.1 Å². The van der Waals surface area contributed by atoms with Crippen molar-refractivity contribution in [3.05, 3.63) is 133 Å². The molecule has 0 bridgehead atoms. The summed E-state index contributed by atoms with van der Waals surface area (Å²) in [4.78, 5) is 10.4. The van der Waals surface area contributed by atoms with Crippen molar-refractivity contribution < 1.29 is 46.7 Å². The maximum atomic E-state index is 12.0. The molecule has 17 nitrogen and oxygen atoms in total. The Labute approximate surface area is 330 Å². The molecule has 7 aromatic rings. The van der Waals surface area contributed by atoms with Gasteiger partial charge >= 0.3 is 5.97 Å². The highest BCUT2D eigenvalue weighted by Gasteiger charge is 2.25. The number of carboxylic acid groups (broad SMARTS) is 1. The number of nitrogens with zero attached hydrogens (tertiary/aromatic N) is 6. The quantitative estimate of drug-likeness (QED) is 0.0448. The van der Waals surface area contributed by atoms with Crippen molar-refractivity contribution in [3.63, 3.8) is 0 Å². The van der Waals surface area contributed by atoms with Gasteiger partial charge in [0.05, 0.1) is 38.1 Å². The molecule has 0 saturated carbocycles. The van der Waals surface area contributed by atoms with Gasteiger partial charge in [0.2, 0.25) is 0 Å². The van der Waals surface area contributed by atoms with Gasteiger partial charge in [-0.15, -0.1) is 20.5 Å². The Hall–Kier alpha value is -7.13. The van der Waals surface area contributed by atoms with E-state index >= 15 is 0 Å². The molecular weight excluding hydrogens is 791 g/mol. The van der Waals surface area contributed by atoms with Gasteiger partial charge in [0.15, 0.2) is 5.75 Å². The van der Waals surface area contributed by atoms with E-state index in [-0.39, 0.29) is 44.8 Å². The molecule has 0 heterocycles. The van der Waals surface area contributed by atoms with Crippen LogP contribution in [0.15, 0.2) is 168 Å². The van der Waals surface area contributed by atoms with Gasteiger partial charge in [0, 0.05) is 33.6 Å². The molecule has 19 heteroatoms. The van der Waals surface area contributed by atoms with Gasteiger partial charge in [-0.3, -0.25) is 4.55 Å². The van der Waals surface area contributed by atoms with Crippen LogP contribution in [0.3, 0.4) is 0 Å². The lowest BCUT2D eigenvalue weighted by molar-refractivity contribution is 0.0696. The van der Waals surface area contributed by atoms with E-state index in [1.807, 2.05) is 30.3 Å². The van der Waals surface area contributed by atoms with E-state index in [0.717, 1.165) is 11.8 Å². The second-order valence-electron chi connectivity index (χ2n) is 12.4. The van der Waals surface area contributed by atoms with Crippen LogP contribution in [-0.4, -0.2) is 47.9 Å². The minimum atomic E-state index is -4.63. The molecule has 0 radical (unpaired) electrons. The molecular formula is C39H29N7O10S2. The molecule has 0 spiro atoms. The number of anilines is 2. The van der Waals surface area contributed by atoms with Gasteiger partial charge in [0.25, 0.3) is 10.1 Å². The zero-order chi connectivity index (χ0) is 41.2. The van der Waals surface area contributed by atoms with Crippen LogP contribution >= 0.6 is 10.9 Å². The van der Waals surface area contributed by atoms with Gasteiger partial charge in [-0.2, -0.15) is 18.6 Å². The van der Waals surface area contributed by atoms with Crippen LogP contribution in [0.4, 0.5) is 45.5 Å². The number of azo groups is 3. The van der Waals surface area contributed by atoms with Gasteiger partial charge in [-0.1, -0.05) is 36.4 Å². The van der Waals surface area contributed by atoms with Crippen molar-refractivity contribution in [1.29, 1.82) is 0 Å². The fraction of sp³-hybridized carbons (Fsp3) is 0. The van der Waals surface area contributed by atoms with Crippen molar-refractivity contribution in [1.82, 2.24) is 0 Å². The third-order valence-electron chi connectivity index (χ3n) is 8.51. The highest BCUT2D eigenvalue weighted by atomic mass is 32.3. The first-order chi connectivity index (χ1) is 27.6. The average Bonchev–Trinajstić information content (AvgIpc) is 3.19. The Bertz CT molecular complexity index is 2960. The second kappa shape index (κ2) is 15.8. The molecule has 8 N–H and O–H groups in total. The zero-order valence-corrected chi connectivity index (χ0v) is 31.1. The lowest BCUT2D eigenvalue weighted by atomic mass is 10.1. The van der Waals surface area contributed by atoms with Gasteiger partial charge in [-0.05, 0) is 90.3 Å². The lowest BCUT2D eigenvalue weighted by Crippen LogP contribution is -1.97. The Morgan fingerprint density at radius 2 is 1.22 bits per heavy atom. The Morgan fingerprint density at radius 1 is 0.552 bits per heavy atom. The van der Waals surface area contributed by atoms with Crippen LogP contribution in [0, 0.1) is 0 Å². The molecule has 292 valence electrons. The smallest absolute Gasteiger partial charge is 0.335 e. The van der Waals surface area contributed by atoms with Crippen molar-refractivity contribution in [2.75, 3.05) is 5.32 Å². The molecule has 0 fully saturated rings. The molecule has 0 amide bonds. The Morgan fingerprint density at radius 3 is 1.90 bits per heavy atom. The highest BCUT2D eigenvalue weighted by molar-refractivity contribution is 8.19. The molecule has 0 aliphatic carbocycles. The average molecular weight is 820 g/mol. The molecule has 7 aromatic carbocycles. The first kappa shape index (κ1) is 39.1. The number of nitrogens with one attached hydrogen (secondary N) is 1. The largest absolute Gasteiger partial charge is 0.506 e. The minimum absolute atomic E-state index is 0.00346. The van der Waals surface area contributed by atoms with E-state index in [2.05, 4.69) is 36.0 Å². The summed E-state index contributed by atoms with van der Waals surface area (Å²) in [6.45, 7) is 0. The summed E-state index contributed by atoms with van der Waals surface area (Å²) in [5, 5.41) is 60.4. The van der Waals surface area contributed by atoms with Crippen molar-refractivity contribution in [2.45, 2.75) is 9.79 Å². The molecule has 0 aromatic heterocycles. The number of aromatic hydroxyl groups is 2. The van der Waals surface area contributed by atoms with Gasteiger partial charge in [-0.25, -0.2) is 4.79 Å². The third kappa shape index (κ3) is 8.64.